The van der Waals surface area contributed by atoms with Gasteiger partial charge in [-0.05, 0) is 42.2 Å². The summed E-state index contributed by atoms with van der Waals surface area (Å²) >= 11 is 0. The van der Waals surface area contributed by atoms with Gasteiger partial charge in [0.25, 0.3) is 11.8 Å². The van der Waals surface area contributed by atoms with Crippen LogP contribution >= 0.6 is 0 Å². The number of carbonyl (C=O) groups excluding carboxylic acids is 2. The van der Waals surface area contributed by atoms with Gasteiger partial charge in [0, 0.05) is 31.2 Å². The Kier molecular flexibility index (Phi) is 6.38. The molecule has 0 atom stereocenters. The minimum atomic E-state index is -0.849. The maximum atomic E-state index is 14.0. The first-order valence-electron chi connectivity index (χ1n) is 9.32. The molecule has 1 fully saturated rings. The van der Waals surface area contributed by atoms with Crippen molar-refractivity contribution < 1.29 is 19.1 Å². The lowest BCUT2D eigenvalue weighted by atomic mass is 9.97. The summed E-state index contributed by atoms with van der Waals surface area (Å²) in [6, 6.07) is 11.1. The summed E-state index contributed by atoms with van der Waals surface area (Å²) in [6.07, 6.45) is 1.64. The Hall–Kier alpha value is -2.77. The van der Waals surface area contributed by atoms with Crippen LogP contribution in [0.15, 0.2) is 42.5 Å². The van der Waals surface area contributed by atoms with Crippen LogP contribution in [0.4, 0.5) is 4.39 Å². The Balaban J connectivity index is 1.75. The molecule has 1 aliphatic heterocycles. The molecule has 1 saturated heterocycles. The molecule has 0 radical (unpaired) electrons. The maximum absolute atomic E-state index is 14.0. The number of rotatable bonds is 6. The minimum absolute atomic E-state index is 0.0708. The van der Waals surface area contributed by atoms with Gasteiger partial charge >= 0.3 is 0 Å². The molecule has 1 heterocycles. The topological polar surface area (TPSA) is 95.7 Å². The van der Waals surface area contributed by atoms with Crippen LogP contribution in [0.1, 0.15) is 33.6 Å². The highest BCUT2D eigenvalue weighted by Gasteiger charge is 2.21. The molecule has 0 aromatic heterocycles. The zero-order valence-corrected chi connectivity index (χ0v) is 15.5. The number of halogens is 1. The molecule has 148 valence electrons. The number of likely N-dealkylation sites (tertiary alicyclic amines) is 1. The van der Waals surface area contributed by atoms with E-state index in [1.807, 2.05) is 0 Å². The monoisotopic (exact) mass is 385 g/mol. The fourth-order valence-electron chi connectivity index (χ4n) is 3.55. The second-order valence-electron chi connectivity index (χ2n) is 6.92. The number of hydrogen-bond donors (Lipinski definition) is 3. The highest BCUT2D eigenvalue weighted by Crippen LogP contribution is 2.26. The second kappa shape index (κ2) is 8.95. The van der Waals surface area contributed by atoms with Crippen LogP contribution in [0.5, 0.6) is 0 Å². The van der Waals surface area contributed by atoms with Crippen molar-refractivity contribution in [1.82, 2.24) is 10.2 Å². The zero-order chi connectivity index (χ0) is 20.1. The first kappa shape index (κ1) is 20.0. The number of amides is 2. The van der Waals surface area contributed by atoms with E-state index < -0.39 is 11.7 Å². The number of piperidine rings is 1. The number of benzene rings is 2. The molecule has 28 heavy (non-hydrogen) atoms. The van der Waals surface area contributed by atoms with E-state index in [2.05, 4.69) is 10.2 Å². The third-order valence-corrected chi connectivity index (χ3v) is 5.03. The third kappa shape index (κ3) is 4.55. The summed E-state index contributed by atoms with van der Waals surface area (Å²) in [6.45, 7) is 2.45. The number of nitrogens with one attached hydrogen (secondary N) is 1. The van der Waals surface area contributed by atoms with Gasteiger partial charge in [0.1, 0.15) is 5.82 Å². The van der Waals surface area contributed by atoms with Crippen LogP contribution in [0.25, 0.3) is 11.1 Å². The Morgan fingerprint density at radius 1 is 1.18 bits per heavy atom. The van der Waals surface area contributed by atoms with Crippen LogP contribution in [0.2, 0.25) is 0 Å². The minimum Gasteiger partial charge on any atom is -0.395 e. The predicted octanol–water partition coefficient (Wildman–Crippen LogP) is 1.78. The summed E-state index contributed by atoms with van der Waals surface area (Å²) in [5.41, 5.74) is 6.50. The van der Waals surface area contributed by atoms with Crippen LogP contribution in [0.3, 0.4) is 0 Å². The van der Waals surface area contributed by atoms with Crippen molar-refractivity contribution in [1.29, 1.82) is 0 Å². The van der Waals surface area contributed by atoms with E-state index in [9.17, 15) is 14.0 Å². The van der Waals surface area contributed by atoms with Crippen molar-refractivity contribution in [3.05, 3.63) is 59.4 Å². The van der Waals surface area contributed by atoms with Gasteiger partial charge < -0.3 is 21.1 Å². The van der Waals surface area contributed by atoms with Gasteiger partial charge in [-0.25, -0.2) is 4.39 Å². The molecular weight excluding hydrogens is 361 g/mol. The SMILES string of the molecule is NC(=O)c1c(F)cccc1-c1cccc(C(=O)NC2CCN(CCO)CC2)c1. The van der Waals surface area contributed by atoms with Crippen molar-refractivity contribution in [2.24, 2.45) is 5.73 Å². The molecule has 4 N–H and O–H groups in total. The van der Waals surface area contributed by atoms with Crippen molar-refractivity contribution in [2.45, 2.75) is 18.9 Å². The molecule has 0 bridgehead atoms. The van der Waals surface area contributed by atoms with Crippen molar-refractivity contribution in [3.8, 4) is 11.1 Å². The number of hydrogen-bond acceptors (Lipinski definition) is 4. The van der Waals surface area contributed by atoms with Crippen LogP contribution < -0.4 is 11.1 Å². The van der Waals surface area contributed by atoms with E-state index in [-0.39, 0.29) is 24.1 Å². The van der Waals surface area contributed by atoms with Crippen LogP contribution in [-0.2, 0) is 0 Å². The lowest BCUT2D eigenvalue weighted by Gasteiger charge is -2.31. The van der Waals surface area contributed by atoms with Gasteiger partial charge in [0.2, 0.25) is 0 Å². The predicted molar refractivity (Wildman–Crippen MR) is 104 cm³/mol. The fourth-order valence-corrected chi connectivity index (χ4v) is 3.55. The molecule has 1 aliphatic rings. The van der Waals surface area contributed by atoms with Crippen molar-refractivity contribution >= 4 is 11.8 Å². The Morgan fingerprint density at radius 2 is 1.89 bits per heavy atom. The smallest absolute Gasteiger partial charge is 0.252 e. The number of aliphatic hydroxyl groups excluding tert-OH is 1. The van der Waals surface area contributed by atoms with Crippen molar-refractivity contribution in [3.63, 3.8) is 0 Å². The van der Waals surface area contributed by atoms with E-state index in [4.69, 9.17) is 10.8 Å². The number of nitrogens with zero attached hydrogens (tertiary/aromatic N) is 1. The highest BCUT2D eigenvalue weighted by molar-refractivity contribution is 6.01. The molecule has 0 aliphatic carbocycles. The molecule has 0 unspecified atom stereocenters. The Morgan fingerprint density at radius 3 is 2.57 bits per heavy atom. The number of carbonyl (C=O) groups is 2. The van der Waals surface area contributed by atoms with E-state index in [1.165, 1.54) is 12.1 Å². The normalized spacial score (nSPS) is 15.4. The number of aliphatic hydroxyl groups is 1. The molecule has 6 nitrogen and oxygen atoms in total. The van der Waals surface area contributed by atoms with Gasteiger partial charge in [0.05, 0.1) is 12.2 Å². The third-order valence-electron chi connectivity index (χ3n) is 5.03. The van der Waals surface area contributed by atoms with E-state index in [0.29, 0.717) is 23.2 Å². The lowest BCUT2D eigenvalue weighted by molar-refractivity contribution is 0.0902. The first-order chi connectivity index (χ1) is 13.5. The van der Waals surface area contributed by atoms with Gasteiger partial charge in [0.15, 0.2) is 0 Å². The van der Waals surface area contributed by atoms with Gasteiger partial charge in [-0.1, -0.05) is 24.3 Å². The summed E-state index contributed by atoms with van der Waals surface area (Å²) in [7, 11) is 0. The molecule has 2 aromatic rings. The lowest BCUT2D eigenvalue weighted by Crippen LogP contribution is -2.45. The second-order valence-corrected chi connectivity index (χ2v) is 6.92. The molecule has 7 heteroatoms. The average Bonchev–Trinajstić information content (AvgIpc) is 2.69. The average molecular weight is 385 g/mol. The first-order valence-corrected chi connectivity index (χ1v) is 9.32. The van der Waals surface area contributed by atoms with Gasteiger partial charge in [-0.3, -0.25) is 9.59 Å². The van der Waals surface area contributed by atoms with Crippen molar-refractivity contribution in [2.75, 3.05) is 26.2 Å². The number of β-amino-alcohol motifs (C(OH)–C–C–N with tert-alkyl or cyclic N) is 1. The summed E-state index contributed by atoms with van der Waals surface area (Å²) in [4.78, 5) is 26.5. The summed E-state index contributed by atoms with van der Waals surface area (Å²) in [5.74, 6) is -1.74. The summed E-state index contributed by atoms with van der Waals surface area (Å²) < 4.78 is 14.0. The Labute approximate surface area is 163 Å². The maximum Gasteiger partial charge on any atom is 0.252 e. The largest absolute Gasteiger partial charge is 0.395 e. The molecule has 2 aromatic carbocycles. The van der Waals surface area contributed by atoms with E-state index >= 15 is 0 Å². The molecule has 3 rings (SSSR count). The molecular formula is C21H24FN3O3. The number of nitrogens with two attached hydrogens (primary N) is 1. The van der Waals surface area contributed by atoms with Gasteiger partial charge in [-0.2, -0.15) is 0 Å². The van der Waals surface area contributed by atoms with Gasteiger partial charge in [-0.15, -0.1) is 0 Å². The van der Waals surface area contributed by atoms with E-state index in [0.717, 1.165) is 25.9 Å². The fraction of sp³-hybridized carbons (Fsp3) is 0.333. The van der Waals surface area contributed by atoms with E-state index in [1.54, 1.807) is 30.3 Å². The van der Waals surface area contributed by atoms with Crippen LogP contribution in [-0.4, -0.2) is 54.1 Å². The number of primary amides is 1. The molecule has 0 spiro atoms. The Bertz CT molecular complexity index is 864. The highest BCUT2D eigenvalue weighted by atomic mass is 19.1. The molecule has 2 amide bonds. The summed E-state index contributed by atoms with van der Waals surface area (Å²) in [5, 5.41) is 12.0. The zero-order valence-electron chi connectivity index (χ0n) is 15.5. The standard InChI is InChI=1S/C21H24FN3O3/c22-18-6-2-5-17(19(18)20(23)27)14-3-1-4-15(13-14)21(28)24-16-7-9-25(10-8-16)11-12-26/h1-6,13,16,26H,7-12H2,(H2,23,27)(H,24,28). The quantitative estimate of drug-likeness (QED) is 0.706. The van der Waals surface area contributed by atoms with Crippen LogP contribution in [0, 0.1) is 5.82 Å². The molecule has 0 saturated carbocycles.